The maximum atomic E-state index is 11.8. The van der Waals surface area contributed by atoms with Crippen LogP contribution in [0.1, 0.15) is 103 Å². The zero-order valence-corrected chi connectivity index (χ0v) is 21.9. The van der Waals surface area contributed by atoms with Gasteiger partial charge in [-0.3, -0.25) is 4.98 Å². The van der Waals surface area contributed by atoms with Crippen LogP contribution >= 0.6 is 0 Å². The first-order valence-electron chi connectivity index (χ1n) is 13.9. The number of carbonyl (C=O) groups excluding carboxylic acids is 1. The number of unbranched alkanes of at least 4 members (excludes halogenated alkanes) is 13. The average Bonchev–Trinajstić information content (AvgIpc) is 3.34. The molecule has 2 unspecified atom stereocenters. The molecule has 7 nitrogen and oxygen atoms in total. The second-order valence-corrected chi connectivity index (χ2v) is 9.47. The molecule has 7 heteroatoms. The molecule has 0 radical (unpaired) electrons. The predicted molar refractivity (Wildman–Crippen MR) is 138 cm³/mol. The molecule has 2 atom stereocenters. The van der Waals surface area contributed by atoms with Crippen molar-refractivity contribution in [2.45, 2.75) is 116 Å². The summed E-state index contributed by atoms with van der Waals surface area (Å²) >= 11 is 0. The Bertz CT molecular complexity index is 631. The number of amides is 1. The smallest absolute Gasteiger partial charge is 0.407 e. The molecule has 1 aromatic rings. The maximum absolute atomic E-state index is 11.8. The molecular weight excluding hydrogens is 444 g/mol. The van der Waals surface area contributed by atoms with E-state index in [4.69, 9.17) is 18.9 Å². The van der Waals surface area contributed by atoms with Crippen LogP contribution in [0.5, 0.6) is 0 Å². The normalized spacial score (nSPS) is 17.5. The molecule has 1 aliphatic heterocycles. The lowest BCUT2D eigenvalue weighted by molar-refractivity contribution is -0.110. The molecule has 2 heterocycles. The first kappa shape index (κ1) is 29.5. The average molecular weight is 493 g/mol. The molecule has 1 fully saturated rings. The number of alkyl carbamates (subject to hydrolysis) is 1. The Balaban J connectivity index is 1.31. The van der Waals surface area contributed by atoms with E-state index in [1.807, 2.05) is 18.2 Å². The molecule has 1 saturated heterocycles. The number of aromatic nitrogens is 1. The number of nitrogens with one attached hydrogen (secondary N) is 1. The third-order valence-electron chi connectivity index (χ3n) is 6.25. The van der Waals surface area contributed by atoms with Crippen LogP contribution in [-0.2, 0) is 25.5 Å². The molecule has 200 valence electrons. The fourth-order valence-corrected chi connectivity index (χ4v) is 4.15. The van der Waals surface area contributed by atoms with Crippen LogP contribution in [0.3, 0.4) is 0 Å². The molecule has 1 aromatic heterocycles. The molecule has 1 amide bonds. The lowest BCUT2D eigenvalue weighted by atomic mass is 10.0. The Labute approximate surface area is 212 Å². The van der Waals surface area contributed by atoms with Crippen molar-refractivity contribution >= 4 is 6.09 Å². The minimum Gasteiger partial charge on any atom is -0.447 e. The standard InChI is InChI=1S/C28H48N2O5/c1-2-3-4-5-6-7-8-9-10-11-12-13-14-17-20-32-24-27-33-22-26(35-27)23-34-28(31)30-21-25-18-15-16-19-29-25/h15-16,18-19,26-27H,2-14,17,20-24H2,1H3,(H,30,31). The van der Waals surface area contributed by atoms with Gasteiger partial charge in [-0.1, -0.05) is 96.5 Å². The number of hydrogen-bond acceptors (Lipinski definition) is 6. The molecule has 0 saturated carbocycles. The molecule has 0 bridgehead atoms. The maximum Gasteiger partial charge on any atom is 0.407 e. The van der Waals surface area contributed by atoms with Gasteiger partial charge < -0.3 is 24.3 Å². The van der Waals surface area contributed by atoms with E-state index >= 15 is 0 Å². The third-order valence-corrected chi connectivity index (χ3v) is 6.25. The SMILES string of the molecule is CCCCCCCCCCCCCCCCOCC1OCC(COC(=O)NCc2ccccn2)O1. The van der Waals surface area contributed by atoms with Gasteiger partial charge in [-0.25, -0.2) is 4.79 Å². The summed E-state index contributed by atoms with van der Waals surface area (Å²) < 4.78 is 22.2. The van der Waals surface area contributed by atoms with Crippen molar-refractivity contribution in [3.05, 3.63) is 30.1 Å². The Morgan fingerprint density at radius 3 is 2.23 bits per heavy atom. The minimum absolute atomic E-state index is 0.156. The van der Waals surface area contributed by atoms with Crippen molar-refractivity contribution in [1.82, 2.24) is 10.3 Å². The third kappa shape index (κ3) is 15.8. The Kier molecular flexibility index (Phi) is 17.3. The fourth-order valence-electron chi connectivity index (χ4n) is 4.15. The van der Waals surface area contributed by atoms with Crippen LogP contribution in [0, 0.1) is 0 Å². The summed E-state index contributed by atoms with van der Waals surface area (Å²) in [5, 5.41) is 2.67. The largest absolute Gasteiger partial charge is 0.447 e. The summed E-state index contributed by atoms with van der Waals surface area (Å²) in [6, 6.07) is 5.55. The van der Waals surface area contributed by atoms with Gasteiger partial charge in [0.05, 0.1) is 25.5 Å². The van der Waals surface area contributed by atoms with Gasteiger partial charge in [0.2, 0.25) is 0 Å². The summed E-state index contributed by atoms with van der Waals surface area (Å²) in [7, 11) is 0. The molecule has 0 aromatic carbocycles. The molecular formula is C28H48N2O5. The van der Waals surface area contributed by atoms with Gasteiger partial charge in [-0.2, -0.15) is 0 Å². The summed E-state index contributed by atoms with van der Waals surface area (Å²) in [6.45, 7) is 4.32. The summed E-state index contributed by atoms with van der Waals surface area (Å²) in [5.41, 5.74) is 0.779. The quantitative estimate of drug-likeness (QED) is 0.196. The zero-order chi connectivity index (χ0) is 24.8. The highest BCUT2D eigenvalue weighted by Crippen LogP contribution is 2.14. The van der Waals surface area contributed by atoms with Crippen LogP contribution in [-0.4, -0.2) is 49.9 Å². The fraction of sp³-hybridized carbons (Fsp3) is 0.786. The first-order chi connectivity index (χ1) is 17.3. The highest BCUT2D eigenvalue weighted by molar-refractivity contribution is 5.67. The van der Waals surface area contributed by atoms with Crippen molar-refractivity contribution in [2.24, 2.45) is 0 Å². The van der Waals surface area contributed by atoms with Gasteiger partial charge in [0.25, 0.3) is 0 Å². The molecule has 0 aliphatic carbocycles. The summed E-state index contributed by atoms with van der Waals surface area (Å²) in [4.78, 5) is 16.0. The van der Waals surface area contributed by atoms with E-state index in [9.17, 15) is 4.79 Å². The lowest BCUT2D eigenvalue weighted by Crippen LogP contribution is -2.29. The minimum atomic E-state index is -0.489. The van der Waals surface area contributed by atoms with Crippen LogP contribution < -0.4 is 5.32 Å². The van der Waals surface area contributed by atoms with Gasteiger partial charge in [-0.15, -0.1) is 0 Å². The van der Waals surface area contributed by atoms with E-state index in [1.54, 1.807) is 6.20 Å². The van der Waals surface area contributed by atoms with Crippen LogP contribution in [0.25, 0.3) is 0 Å². The van der Waals surface area contributed by atoms with Crippen LogP contribution in [0.4, 0.5) is 4.79 Å². The van der Waals surface area contributed by atoms with Gasteiger partial charge in [0, 0.05) is 12.8 Å². The van der Waals surface area contributed by atoms with E-state index in [0.29, 0.717) is 19.8 Å². The highest BCUT2D eigenvalue weighted by Gasteiger charge is 2.27. The monoisotopic (exact) mass is 492 g/mol. The van der Waals surface area contributed by atoms with Crippen molar-refractivity contribution in [2.75, 3.05) is 26.4 Å². The van der Waals surface area contributed by atoms with Crippen molar-refractivity contribution in [1.29, 1.82) is 0 Å². The topological polar surface area (TPSA) is 78.9 Å². The van der Waals surface area contributed by atoms with Crippen LogP contribution in [0.15, 0.2) is 24.4 Å². The lowest BCUT2D eigenvalue weighted by Gasteiger charge is -2.12. The van der Waals surface area contributed by atoms with Crippen molar-refractivity contribution < 1.29 is 23.7 Å². The number of ether oxygens (including phenoxy) is 4. The number of pyridine rings is 1. The van der Waals surface area contributed by atoms with E-state index in [1.165, 1.54) is 83.5 Å². The molecule has 1 N–H and O–H groups in total. The van der Waals surface area contributed by atoms with Gasteiger partial charge in [0.1, 0.15) is 12.7 Å². The number of carbonyl (C=O) groups is 1. The molecule has 1 aliphatic rings. The number of nitrogens with zero attached hydrogens (tertiary/aromatic N) is 1. The number of rotatable bonds is 21. The first-order valence-corrected chi connectivity index (χ1v) is 13.9. The Morgan fingerprint density at radius 2 is 1.60 bits per heavy atom. The second-order valence-electron chi connectivity index (χ2n) is 9.47. The van der Waals surface area contributed by atoms with E-state index in [-0.39, 0.29) is 19.0 Å². The van der Waals surface area contributed by atoms with Crippen molar-refractivity contribution in [3.63, 3.8) is 0 Å². The van der Waals surface area contributed by atoms with Crippen LogP contribution in [0.2, 0.25) is 0 Å². The van der Waals surface area contributed by atoms with E-state index in [2.05, 4.69) is 17.2 Å². The van der Waals surface area contributed by atoms with Gasteiger partial charge in [-0.05, 0) is 18.6 Å². The molecule has 35 heavy (non-hydrogen) atoms. The van der Waals surface area contributed by atoms with E-state index < -0.39 is 6.09 Å². The van der Waals surface area contributed by atoms with Gasteiger partial charge >= 0.3 is 6.09 Å². The summed E-state index contributed by atoms with van der Waals surface area (Å²) in [6.07, 6.45) is 19.5. The van der Waals surface area contributed by atoms with Crippen molar-refractivity contribution in [3.8, 4) is 0 Å². The Morgan fingerprint density at radius 1 is 0.943 bits per heavy atom. The molecule has 0 spiro atoms. The summed E-state index contributed by atoms with van der Waals surface area (Å²) in [5.74, 6) is 0. The molecule has 2 rings (SSSR count). The highest BCUT2D eigenvalue weighted by atomic mass is 16.7. The Hall–Kier alpha value is -1.70. The van der Waals surface area contributed by atoms with E-state index in [0.717, 1.165) is 18.7 Å². The van der Waals surface area contributed by atoms with Gasteiger partial charge in [0.15, 0.2) is 6.29 Å². The number of hydrogen-bond donors (Lipinski definition) is 1. The second kappa shape index (κ2) is 20.5. The predicted octanol–water partition coefficient (Wildman–Crippen LogP) is 6.55. The zero-order valence-electron chi connectivity index (χ0n) is 21.9.